The maximum atomic E-state index is 13.7. The molecule has 1 fully saturated rings. The number of piperazine rings is 1. The van der Waals surface area contributed by atoms with Crippen LogP contribution in [0.2, 0.25) is 0 Å². The van der Waals surface area contributed by atoms with Gasteiger partial charge in [-0.15, -0.1) is 0 Å². The maximum absolute atomic E-state index is 13.7. The average Bonchev–Trinajstić information content (AvgIpc) is 2.33. The number of nitrogens with zero attached hydrogens (tertiary/aromatic N) is 1. The van der Waals surface area contributed by atoms with E-state index in [0.717, 1.165) is 19.5 Å². The Bertz CT molecular complexity index is 426. The highest BCUT2D eigenvalue weighted by atomic mass is 19.1. The van der Waals surface area contributed by atoms with E-state index in [-0.39, 0.29) is 11.1 Å². The monoisotopic (exact) mass is 268 g/mol. The molecule has 1 unspecified atom stereocenters. The van der Waals surface area contributed by atoms with Gasteiger partial charge >= 0.3 is 0 Å². The Hall–Kier alpha value is -1.00. The van der Waals surface area contributed by atoms with E-state index >= 15 is 0 Å². The summed E-state index contributed by atoms with van der Waals surface area (Å²) in [5.74, 6) is -0.905. The first-order valence-corrected chi connectivity index (χ1v) is 6.85. The van der Waals surface area contributed by atoms with Crippen molar-refractivity contribution in [2.75, 3.05) is 13.1 Å². The van der Waals surface area contributed by atoms with Gasteiger partial charge in [-0.3, -0.25) is 4.90 Å². The summed E-state index contributed by atoms with van der Waals surface area (Å²) in [5.41, 5.74) is 0.159. The van der Waals surface area contributed by atoms with Gasteiger partial charge in [0.2, 0.25) is 0 Å². The van der Waals surface area contributed by atoms with Crippen LogP contribution in [0.5, 0.6) is 0 Å². The summed E-state index contributed by atoms with van der Waals surface area (Å²) in [4.78, 5) is 2.18. The van der Waals surface area contributed by atoms with Crippen molar-refractivity contribution in [3.05, 3.63) is 35.4 Å². The van der Waals surface area contributed by atoms with E-state index in [0.29, 0.717) is 12.6 Å². The van der Waals surface area contributed by atoms with E-state index in [1.807, 2.05) is 0 Å². The highest BCUT2D eigenvalue weighted by Crippen LogP contribution is 2.22. The maximum Gasteiger partial charge on any atom is 0.130 e. The summed E-state index contributed by atoms with van der Waals surface area (Å²) in [6, 6.07) is 4.39. The highest BCUT2D eigenvalue weighted by molar-refractivity contribution is 5.20. The summed E-state index contributed by atoms with van der Waals surface area (Å²) in [6.07, 6.45) is 0.971. The first-order chi connectivity index (χ1) is 8.93. The van der Waals surface area contributed by atoms with E-state index in [1.54, 1.807) is 0 Å². The molecule has 1 aromatic carbocycles. The third-order valence-electron chi connectivity index (χ3n) is 3.83. The Morgan fingerprint density at radius 1 is 1.32 bits per heavy atom. The Morgan fingerprint density at radius 3 is 2.53 bits per heavy atom. The molecule has 2 nitrogen and oxygen atoms in total. The fourth-order valence-corrected chi connectivity index (χ4v) is 2.69. The molecule has 0 saturated carbocycles. The summed E-state index contributed by atoms with van der Waals surface area (Å²) < 4.78 is 27.5. The molecule has 0 spiro atoms. The number of benzene rings is 1. The zero-order valence-electron chi connectivity index (χ0n) is 11.8. The molecule has 1 aliphatic rings. The van der Waals surface area contributed by atoms with Crippen molar-refractivity contribution < 1.29 is 8.78 Å². The average molecular weight is 268 g/mol. The van der Waals surface area contributed by atoms with Gasteiger partial charge in [-0.1, -0.05) is 13.0 Å². The van der Waals surface area contributed by atoms with Crippen molar-refractivity contribution >= 4 is 0 Å². The fraction of sp³-hybridized carbons (Fsp3) is 0.600. The van der Waals surface area contributed by atoms with Crippen molar-refractivity contribution in [3.63, 3.8) is 0 Å². The van der Waals surface area contributed by atoms with E-state index in [2.05, 4.69) is 31.0 Å². The summed E-state index contributed by atoms with van der Waals surface area (Å²) in [7, 11) is 0. The Morgan fingerprint density at radius 2 is 1.95 bits per heavy atom. The predicted molar refractivity (Wildman–Crippen MR) is 72.9 cm³/mol. The molecule has 0 amide bonds. The lowest BCUT2D eigenvalue weighted by Gasteiger charge is -2.44. The van der Waals surface area contributed by atoms with Crippen LogP contribution in [0.15, 0.2) is 18.2 Å². The number of nitrogens with one attached hydrogen (secondary N) is 1. The molecule has 19 heavy (non-hydrogen) atoms. The van der Waals surface area contributed by atoms with E-state index in [4.69, 9.17) is 0 Å². The summed E-state index contributed by atoms with van der Waals surface area (Å²) in [6.45, 7) is 8.32. The first kappa shape index (κ1) is 14.4. The molecule has 1 aromatic rings. The SMILES string of the molecule is CCC1CNC(C)(C)CN1Cc1c(F)cccc1F. The van der Waals surface area contributed by atoms with Crippen LogP contribution in [-0.2, 0) is 6.54 Å². The van der Waals surface area contributed by atoms with Crippen molar-refractivity contribution in [3.8, 4) is 0 Å². The Balaban J connectivity index is 2.19. The third kappa shape index (κ3) is 3.31. The summed E-state index contributed by atoms with van der Waals surface area (Å²) in [5, 5.41) is 3.48. The number of halogens is 2. The lowest BCUT2D eigenvalue weighted by Crippen LogP contribution is -2.61. The van der Waals surface area contributed by atoms with Gasteiger partial charge in [0.05, 0.1) is 0 Å². The van der Waals surface area contributed by atoms with Crippen LogP contribution in [0.4, 0.5) is 8.78 Å². The quantitative estimate of drug-likeness (QED) is 0.906. The molecule has 106 valence electrons. The zero-order chi connectivity index (χ0) is 14.0. The molecule has 1 aliphatic heterocycles. The molecule has 1 N–H and O–H groups in total. The van der Waals surface area contributed by atoms with Crippen molar-refractivity contribution in [2.24, 2.45) is 0 Å². The minimum atomic E-state index is -0.453. The third-order valence-corrected chi connectivity index (χ3v) is 3.83. The molecular weight excluding hydrogens is 246 g/mol. The molecule has 2 rings (SSSR count). The molecule has 0 bridgehead atoms. The molecule has 0 radical (unpaired) electrons. The second kappa shape index (κ2) is 5.55. The normalized spacial score (nSPS) is 23.5. The molecule has 1 saturated heterocycles. The van der Waals surface area contributed by atoms with E-state index in [1.165, 1.54) is 18.2 Å². The van der Waals surface area contributed by atoms with E-state index in [9.17, 15) is 8.78 Å². The van der Waals surface area contributed by atoms with Crippen LogP contribution in [0.3, 0.4) is 0 Å². The van der Waals surface area contributed by atoms with Crippen LogP contribution in [0, 0.1) is 11.6 Å². The lowest BCUT2D eigenvalue weighted by atomic mass is 9.97. The van der Waals surface area contributed by atoms with Crippen molar-refractivity contribution in [1.29, 1.82) is 0 Å². The fourth-order valence-electron chi connectivity index (χ4n) is 2.69. The lowest BCUT2D eigenvalue weighted by molar-refractivity contribution is 0.0836. The minimum Gasteiger partial charge on any atom is -0.309 e. The van der Waals surface area contributed by atoms with Crippen molar-refractivity contribution in [2.45, 2.75) is 45.3 Å². The molecular formula is C15H22F2N2. The Kier molecular flexibility index (Phi) is 4.21. The van der Waals surface area contributed by atoms with Crippen LogP contribution < -0.4 is 5.32 Å². The topological polar surface area (TPSA) is 15.3 Å². The van der Waals surface area contributed by atoms with Gasteiger partial charge in [-0.05, 0) is 32.4 Å². The second-order valence-electron chi connectivity index (χ2n) is 5.93. The van der Waals surface area contributed by atoms with Gasteiger partial charge in [0.1, 0.15) is 11.6 Å². The summed E-state index contributed by atoms with van der Waals surface area (Å²) >= 11 is 0. The van der Waals surface area contributed by atoms with Gasteiger partial charge in [0.15, 0.2) is 0 Å². The molecule has 4 heteroatoms. The Labute approximate surface area is 113 Å². The smallest absolute Gasteiger partial charge is 0.130 e. The van der Waals surface area contributed by atoms with Crippen LogP contribution in [0.25, 0.3) is 0 Å². The first-order valence-electron chi connectivity index (χ1n) is 6.85. The van der Waals surface area contributed by atoms with Crippen LogP contribution in [-0.4, -0.2) is 29.6 Å². The number of rotatable bonds is 3. The molecule has 1 atom stereocenters. The van der Waals surface area contributed by atoms with Crippen molar-refractivity contribution in [1.82, 2.24) is 10.2 Å². The minimum absolute atomic E-state index is 0.0204. The van der Waals surface area contributed by atoms with Gasteiger partial charge in [0, 0.05) is 36.8 Å². The van der Waals surface area contributed by atoms with Gasteiger partial charge in [0.25, 0.3) is 0 Å². The second-order valence-corrected chi connectivity index (χ2v) is 5.93. The van der Waals surface area contributed by atoms with Crippen LogP contribution >= 0.6 is 0 Å². The van der Waals surface area contributed by atoms with Crippen LogP contribution in [0.1, 0.15) is 32.8 Å². The molecule has 0 aromatic heterocycles. The number of hydrogen-bond donors (Lipinski definition) is 1. The standard InChI is InChI=1S/C15H22F2N2/c1-4-11-8-18-15(2,3)10-19(11)9-12-13(16)6-5-7-14(12)17/h5-7,11,18H,4,8-10H2,1-3H3. The van der Waals surface area contributed by atoms with E-state index < -0.39 is 11.6 Å². The highest BCUT2D eigenvalue weighted by Gasteiger charge is 2.32. The largest absolute Gasteiger partial charge is 0.309 e. The number of hydrogen-bond acceptors (Lipinski definition) is 2. The molecule has 1 heterocycles. The molecule has 0 aliphatic carbocycles. The van der Waals surface area contributed by atoms with Gasteiger partial charge in [-0.25, -0.2) is 8.78 Å². The van der Waals surface area contributed by atoms with Gasteiger partial charge < -0.3 is 5.32 Å². The zero-order valence-corrected chi connectivity index (χ0v) is 11.8. The predicted octanol–water partition coefficient (Wildman–Crippen LogP) is 2.93. The van der Waals surface area contributed by atoms with Gasteiger partial charge in [-0.2, -0.15) is 0 Å².